The number of rotatable bonds is 5. The number of carbonyl (C=O) groups excluding carboxylic acids is 1. The van der Waals surface area contributed by atoms with Crippen molar-refractivity contribution in [1.29, 1.82) is 0 Å². The SMILES string of the molecule is O=C(O)N1CCC(CS(=O)(=O)N2CCC(c3ccccc3C(F)(F)F)CC2)(C(=O)NO)CC1. The number of hydrogen-bond donors (Lipinski definition) is 3. The largest absolute Gasteiger partial charge is 0.465 e. The van der Waals surface area contributed by atoms with E-state index in [4.69, 9.17) is 10.3 Å². The molecule has 3 N–H and O–H groups in total. The number of nitrogens with zero attached hydrogens (tertiary/aromatic N) is 2. The minimum atomic E-state index is -4.51. The summed E-state index contributed by atoms with van der Waals surface area (Å²) in [5, 5.41) is 18.3. The Balaban J connectivity index is 1.72. The van der Waals surface area contributed by atoms with Gasteiger partial charge in [0.15, 0.2) is 0 Å². The molecule has 2 aliphatic rings. The Morgan fingerprint density at radius 2 is 1.67 bits per heavy atom. The number of nitrogens with one attached hydrogen (secondary N) is 1. The monoisotopic (exact) mass is 493 g/mol. The number of hydroxylamine groups is 1. The molecule has 0 spiro atoms. The topological polar surface area (TPSA) is 127 Å². The smallest absolute Gasteiger partial charge is 0.416 e. The van der Waals surface area contributed by atoms with E-state index < -0.39 is 50.8 Å². The first kappa shape index (κ1) is 25.2. The second kappa shape index (κ2) is 9.47. The van der Waals surface area contributed by atoms with E-state index in [9.17, 15) is 31.2 Å². The van der Waals surface area contributed by atoms with Gasteiger partial charge in [-0.25, -0.2) is 23.0 Å². The number of piperidine rings is 2. The number of carboxylic acid groups (broad SMARTS) is 1. The molecule has 2 aliphatic heterocycles. The molecule has 2 heterocycles. The van der Waals surface area contributed by atoms with E-state index in [0.29, 0.717) is 0 Å². The molecule has 2 fully saturated rings. The van der Waals surface area contributed by atoms with Crippen LogP contribution in [0.25, 0.3) is 0 Å². The van der Waals surface area contributed by atoms with Crippen molar-refractivity contribution in [2.24, 2.45) is 5.41 Å². The molecule has 1 aromatic carbocycles. The first-order valence-corrected chi connectivity index (χ1v) is 12.1. The first-order valence-electron chi connectivity index (χ1n) is 10.5. The van der Waals surface area contributed by atoms with Crippen LogP contribution in [-0.2, 0) is 21.0 Å². The van der Waals surface area contributed by atoms with E-state index in [1.165, 1.54) is 23.7 Å². The van der Waals surface area contributed by atoms with Crippen LogP contribution in [-0.4, -0.2) is 71.9 Å². The van der Waals surface area contributed by atoms with Crippen LogP contribution in [0.1, 0.15) is 42.7 Å². The van der Waals surface area contributed by atoms with Crippen molar-refractivity contribution in [2.45, 2.75) is 37.8 Å². The fourth-order valence-corrected chi connectivity index (χ4v) is 6.75. The third kappa shape index (κ3) is 5.41. The van der Waals surface area contributed by atoms with E-state index in [1.54, 1.807) is 0 Å². The van der Waals surface area contributed by atoms with Gasteiger partial charge in [-0.1, -0.05) is 18.2 Å². The number of alkyl halides is 3. The van der Waals surface area contributed by atoms with Gasteiger partial charge < -0.3 is 10.0 Å². The van der Waals surface area contributed by atoms with Crippen molar-refractivity contribution in [2.75, 3.05) is 31.9 Å². The molecule has 0 unspecified atom stereocenters. The van der Waals surface area contributed by atoms with Gasteiger partial charge in [0.05, 0.1) is 16.7 Å². The molecule has 9 nitrogen and oxygen atoms in total. The van der Waals surface area contributed by atoms with Crippen molar-refractivity contribution < 1.29 is 41.5 Å². The summed E-state index contributed by atoms with van der Waals surface area (Å²) in [6.45, 7) is -0.127. The van der Waals surface area contributed by atoms with E-state index in [2.05, 4.69) is 0 Å². The highest BCUT2D eigenvalue weighted by molar-refractivity contribution is 7.89. The molecule has 1 aromatic rings. The number of amides is 2. The summed E-state index contributed by atoms with van der Waals surface area (Å²) < 4.78 is 67.5. The van der Waals surface area contributed by atoms with Gasteiger partial charge in [-0.15, -0.1) is 0 Å². The molecular formula is C20H26F3N3O6S. The summed E-state index contributed by atoms with van der Waals surface area (Å²) in [6.07, 6.45) is -5.47. The van der Waals surface area contributed by atoms with E-state index in [1.807, 2.05) is 0 Å². The van der Waals surface area contributed by atoms with Crippen LogP contribution in [0.2, 0.25) is 0 Å². The highest BCUT2D eigenvalue weighted by Gasteiger charge is 2.47. The summed E-state index contributed by atoms with van der Waals surface area (Å²) in [4.78, 5) is 24.6. The predicted octanol–water partition coefficient (Wildman–Crippen LogP) is 2.48. The number of sulfonamides is 1. The second-order valence-electron chi connectivity index (χ2n) is 8.51. The molecule has 0 bridgehead atoms. The van der Waals surface area contributed by atoms with Crippen molar-refractivity contribution in [1.82, 2.24) is 14.7 Å². The summed E-state index contributed by atoms with van der Waals surface area (Å²) in [5.74, 6) is -1.98. The minimum Gasteiger partial charge on any atom is -0.465 e. The highest BCUT2D eigenvalue weighted by Crippen LogP contribution is 2.40. The standard InChI is InChI=1S/C20H26F3N3O6S/c21-20(22,23)16-4-2-1-3-15(16)14-5-9-26(10-6-14)33(31,32)13-19(17(27)24-30)7-11-25(12-8-19)18(28)29/h1-4,14,30H,5-13H2,(H,24,27)(H,28,29). The van der Waals surface area contributed by atoms with Crippen LogP contribution in [0.4, 0.5) is 18.0 Å². The Hall–Kier alpha value is -2.38. The van der Waals surface area contributed by atoms with Crippen molar-refractivity contribution in [3.05, 3.63) is 35.4 Å². The zero-order chi connectivity index (χ0) is 24.4. The van der Waals surface area contributed by atoms with E-state index >= 15 is 0 Å². The van der Waals surface area contributed by atoms with Gasteiger partial charge in [0.25, 0.3) is 5.91 Å². The quantitative estimate of drug-likeness (QED) is 0.427. The lowest BCUT2D eigenvalue weighted by Gasteiger charge is -2.40. The van der Waals surface area contributed by atoms with Gasteiger partial charge in [0.2, 0.25) is 10.0 Å². The minimum absolute atomic E-state index is 0.00271. The normalized spacial score (nSPS) is 20.4. The summed E-state index contributed by atoms with van der Waals surface area (Å²) in [5.41, 5.74) is -0.590. The fraction of sp³-hybridized carbons (Fsp3) is 0.600. The number of carbonyl (C=O) groups is 2. The van der Waals surface area contributed by atoms with Crippen LogP contribution in [0, 0.1) is 5.41 Å². The number of benzene rings is 1. The molecule has 0 saturated carbocycles. The number of likely N-dealkylation sites (tertiary alicyclic amines) is 1. The molecule has 0 atom stereocenters. The maximum absolute atomic E-state index is 13.4. The summed E-state index contributed by atoms with van der Waals surface area (Å²) in [6, 6.07) is 5.26. The number of halogens is 3. The van der Waals surface area contributed by atoms with Crippen molar-refractivity contribution in [3.8, 4) is 0 Å². The Labute approximate surface area is 189 Å². The van der Waals surface area contributed by atoms with Crippen LogP contribution in [0.15, 0.2) is 24.3 Å². The lowest BCUT2D eigenvalue weighted by Crippen LogP contribution is -2.54. The molecule has 0 aromatic heterocycles. The van der Waals surface area contributed by atoms with E-state index in [-0.39, 0.29) is 57.4 Å². The molecule has 2 amide bonds. The van der Waals surface area contributed by atoms with Crippen molar-refractivity contribution in [3.63, 3.8) is 0 Å². The molecule has 3 rings (SSSR count). The Kier molecular flexibility index (Phi) is 7.24. The molecule has 184 valence electrons. The van der Waals surface area contributed by atoms with Gasteiger partial charge in [0.1, 0.15) is 0 Å². The average Bonchev–Trinajstić information content (AvgIpc) is 2.78. The Bertz CT molecular complexity index is 985. The summed E-state index contributed by atoms with van der Waals surface area (Å²) in [7, 11) is -4.01. The van der Waals surface area contributed by atoms with E-state index in [0.717, 1.165) is 15.3 Å². The molecular weight excluding hydrogens is 467 g/mol. The van der Waals surface area contributed by atoms with Gasteiger partial charge in [-0.2, -0.15) is 13.2 Å². The van der Waals surface area contributed by atoms with Crippen LogP contribution in [0.3, 0.4) is 0 Å². The highest BCUT2D eigenvalue weighted by atomic mass is 32.2. The lowest BCUT2D eigenvalue weighted by molar-refractivity contribution is -0.141. The first-order chi connectivity index (χ1) is 15.4. The third-order valence-corrected chi connectivity index (χ3v) is 8.66. The lowest BCUT2D eigenvalue weighted by atomic mass is 9.79. The maximum Gasteiger partial charge on any atom is 0.416 e. The second-order valence-corrected chi connectivity index (χ2v) is 10.5. The van der Waals surface area contributed by atoms with Gasteiger partial charge >= 0.3 is 12.3 Å². The zero-order valence-electron chi connectivity index (χ0n) is 17.7. The predicted molar refractivity (Wildman–Crippen MR) is 110 cm³/mol. The fourth-order valence-electron chi connectivity index (χ4n) is 4.68. The Morgan fingerprint density at radius 1 is 1.09 bits per heavy atom. The summed E-state index contributed by atoms with van der Waals surface area (Å²) >= 11 is 0. The third-order valence-electron chi connectivity index (χ3n) is 6.59. The van der Waals surface area contributed by atoms with Gasteiger partial charge in [-0.05, 0) is 43.2 Å². The van der Waals surface area contributed by atoms with Crippen LogP contribution < -0.4 is 5.48 Å². The molecule has 13 heteroatoms. The van der Waals surface area contributed by atoms with Gasteiger partial charge in [0, 0.05) is 26.2 Å². The van der Waals surface area contributed by atoms with Crippen LogP contribution >= 0.6 is 0 Å². The van der Waals surface area contributed by atoms with Crippen molar-refractivity contribution >= 4 is 22.0 Å². The van der Waals surface area contributed by atoms with Gasteiger partial charge in [-0.3, -0.25) is 10.0 Å². The maximum atomic E-state index is 13.4. The molecule has 33 heavy (non-hydrogen) atoms. The zero-order valence-corrected chi connectivity index (χ0v) is 18.5. The molecule has 2 saturated heterocycles. The molecule has 0 aliphatic carbocycles. The Morgan fingerprint density at radius 3 is 2.18 bits per heavy atom. The number of hydrogen-bond acceptors (Lipinski definition) is 5. The molecule has 0 radical (unpaired) electrons. The average molecular weight is 494 g/mol. The van der Waals surface area contributed by atoms with Crippen LogP contribution in [0.5, 0.6) is 0 Å².